The molecule has 0 saturated carbocycles. The molecule has 10 heteroatoms. The fourth-order valence-corrected chi connectivity index (χ4v) is 7.04. The van der Waals surface area contributed by atoms with Gasteiger partial charge in [0.25, 0.3) is 15.9 Å². The summed E-state index contributed by atoms with van der Waals surface area (Å²) in [6.07, 6.45) is 2.51. The van der Waals surface area contributed by atoms with Crippen molar-refractivity contribution < 1.29 is 13.2 Å². The summed E-state index contributed by atoms with van der Waals surface area (Å²) in [6.45, 7) is 4.24. The summed E-state index contributed by atoms with van der Waals surface area (Å²) < 4.78 is 31.2. The van der Waals surface area contributed by atoms with Gasteiger partial charge in [0, 0.05) is 26.2 Å². The predicted molar refractivity (Wildman–Crippen MR) is 99.9 cm³/mol. The van der Waals surface area contributed by atoms with Gasteiger partial charge in [0.15, 0.2) is 0 Å². The smallest absolute Gasteiger partial charge is 0.267 e. The highest BCUT2D eigenvalue weighted by atomic mass is 32.2. The van der Waals surface area contributed by atoms with E-state index in [1.165, 1.54) is 11.3 Å². The molecular formula is C16H20N4O3S3. The number of nitrogens with zero attached hydrogens (tertiary/aromatic N) is 4. The number of carbonyl (C=O) groups is 1. The van der Waals surface area contributed by atoms with Crippen LogP contribution in [0.5, 0.6) is 0 Å². The van der Waals surface area contributed by atoms with Crippen molar-refractivity contribution in [3.63, 3.8) is 0 Å². The second-order valence-electron chi connectivity index (χ2n) is 7.00. The van der Waals surface area contributed by atoms with Gasteiger partial charge in [-0.2, -0.15) is 4.31 Å². The van der Waals surface area contributed by atoms with Gasteiger partial charge >= 0.3 is 0 Å². The molecule has 2 aromatic rings. The van der Waals surface area contributed by atoms with E-state index in [1.54, 1.807) is 28.7 Å². The van der Waals surface area contributed by atoms with Crippen molar-refractivity contribution in [2.24, 2.45) is 5.41 Å². The van der Waals surface area contributed by atoms with Crippen LogP contribution in [0.3, 0.4) is 0 Å². The monoisotopic (exact) mass is 412 g/mol. The first-order valence-electron chi connectivity index (χ1n) is 8.53. The molecule has 1 spiro atoms. The fourth-order valence-electron chi connectivity index (χ4n) is 3.83. The van der Waals surface area contributed by atoms with Crippen LogP contribution >= 0.6 is 22.9 Å². The molecule has 4 heterocycles. The summed E-state index contributed by atoms with van der Waals surface area (Å²) in [5.41, 5.74) is 0.709. The zero-order valence-electron chi connectivity index (χ0n) is 14.4. The van der Waals surface area contributed by atoms with E-state index in [0.717, 1.165) is 30.8 Å². The van der Waals surface area contributed by atoms with Gasteiger partial charge in [0.2, 0.25) is 0 Å². The van der Waals surface area contributed by atoms with E-state index >= 15 is 0 Å². The number of thiophene rings is 1. The van der Waals surface area contributed by atoms with Gasteiger partial charge in [-0.15, -0.1) is 16.4 Å². The van der Waals surface area contributed by atoms with E-state index in [0.29, 0.717) is 41.0 Å². The van der Waals surface area contributed by atoms with Crippen molar-refractivity contribution >= 4 is 38.8 Å². The highest BCUT2D eigenvalue weighted by Gasteiger charge is 2.44. The third-order valence-corrected chi connectivity index (χ3v) is 9.53. The molecule has 2 aromatic heterocycles. The first kappa shape index (κ1) is 18.0. The lowest BCUT2D eigenvalue weighted by Crippen LogP contribution is -2.44. The number of hydrogen-bond donors (Lipinski definition) is 0. The van der Waals surface area contributed by atoms with E-state index in [-0.39, 0.29) is 11.3 Å². The number of hydrogen-bond acceptors (Lipinski definition) is 7. The Hall–Kier alpha value is -1.36. The van der Waals surface area contributed by atoms with Crippen LogP contribution in [0.4, 0.5) is 0 Å². The van der Waals surface area contributed by atoms with Crippen LogP contribution in [-0.2, 0) is 10.0 Å². The third-order valence-electron chi connectivity index (χ3n) is 5.44. The largest absolute Gasteiger partial charge is 0.337 e. The maximum atomic E-state index is 12.7. The van der Waals surface area contributed by atoms with E-state index < -0.39 is 10.0 Å². The topological polar surface area (TPSA) is 83.5 Å². The molecule has 26 heavy (non-hydrogen) atoms. The Morgan fingerprint density at radius 3 is 2.58 bits per heavy atom. The molecule has 2 aliphatic rings. The molecule has 2 saturated heterocycles. The number of likely N-dealkylation sites (tertiary alicyclic amines) is 1. The average Bonchev–Trinajstić information content (AvgIpc) is 3.36. The van der Waals surface area contributed by atoms with Crippen LogP contribution in [-0.4, -0.2) is 59.3 Å². The van der Waals surface area contributed by atoms with Gasteiger partial charge < -0.3 is 4.90 Å². The van der Waals surface area contributed by atoms with Gasteiger partial charge in [0.1, 0.15) is 9.09 Å². The zero-order valence-corrected chi connectivity index (χ0v) is 16.9. The fraction of sp³-hybridized carbons (Fsp3) is 0.562. The number of piperidine rings is 1. The maximum absolute atomic E-state index is 12.7. The van der Waals surface area contributed by atoms with Crippen molar-refractivity contribution in [2.75, 3.05) is 26.2 Å². The summed E-state index contributed by atoms with van der Waals surface area (Å²) in [7, 11) is -3.38. The molecule has 2 aliphatic heterocycles. The van der Waals surface area contributed by atoms with Crippen LogP contribution in [0.1, 0.15) is 34.6 Å². The minimum atomic E-state index is -3.38. The Bertz CT molecular complexity index is 899. The van der Waals surface area contributed by atoms with Crippen LogP contribution in [0, 0.1) is 12.3 Å². The molecule has 0 N–H and O–H groups in total. The summed E-state index contributed by atoms with van der Waals surface area (Å²) in [6, 6.07) is 3.42. The Morgan fingerprint density at radius 1 is 1.23 bits per heavy atom. The summed E-state index contributed by atoms with van der Waals surface area (Å²) in [5, 5.41) is 5.71. The minimum absolute atomic E-state index is 0.00279. The van der Waals surface area contributed by atoms with Crippen molar-refractivity contribution in [1.29, 1.82) is 0 Å². The first-order chi connectivity index (χ1) is 12.4. The molecule has 0 unspecified atom stereocenters. The van der Waals surface area contributed by atoms with Crippen LogP contribution in [0.2, 0.25) is 0 Å². The Kier molecular flexibility index (Phi) is 4.62. The highest BCUT2D eigenvalue weighted by molar-refractivity contribution is 7.91. The second kappa shape index (κ2) is 6.66. The second-order valence-corrected chi connectivity index (χ2v) is 10.9. The van der Waals surface area contributed by atoms with Crippen molar-refractivity contribution in [3.8, 4) is 0 Å². The van der Waals surface area contributed by atoms with Gasteiger partial charge in [-0.25, -0.2) is 8.42 Å². The van der Waals surface area contributed by atoms with Crippen molar-refractivity contribution in [2.45, 2.75) is 30.4 Å². The van der Waals surface area contributed by atoms with Crippen molar-refractivity contribution in [3.05, 3.63) is 28.1 Å². The molecule has 0 bridgehead atoms. The lowest BCUT2D eigenvalue weighted by molar-refractivity contribution is 0.0754. The third kappa shape index (κ3) is 3.08. The van der Waals surface area contributed by atoms with E-state index in [9.17, 15) is 13.2 Å². The molecule has 140 valence electrons. The maximum Gasteiger partial charge on any atom is 0.267 e. The Labute approximate surface area is 160 Å². The van der Waals surface area contributed by atoms with Gasteiger partial charge in [-0.3, -0.25) is 4.79 Å². The number of amides is 1. The van der Waals surface area contributed by atoms with Crippen LogP contribution in [0.15, 0.2) is 21.7 Å². The normalized spacial score (nSPS) is 20.7. The highest BCUT2D eigenvalue weighted by Crippen LogP contribution is 2.42. The molecule has 0 aromatic carbocycles. The molecule has 2 fully saturated rings. The number of sulfonamides is 1. The number of carbonyl (C=O) groups excluding carboxylic acids is 1. The number of rotatable bonds is 3. The van der Waals surface area contributed by atoms with Crippen LogP contribution < -0.4 is 0 Å². The molecule has 0 atom stereocenters. The molecule has 0 aliphatic carbocycles. The lowest BCUT2D eigenvalue weighted by Gasteiger charge is -2.38. The average molecular weight is 413 g/mol. The molecule has 1 amide bonds. The Morgan fingerprint density at radius 2 is 1.96 bits per heavy atom. The molecule has 0 radical (unpaired) electrons. The van der Waals surface area contributed by atoms with Crippen LogP contribution in [0.25, 0.3) is 0 Å². The molecule has 4 rings (SSSR count). The van der Waals surface area contributed by atoms with Gasteiger partial charge in [-0.05, 0) is 54.6 Å². The van der Waals surface area contributed by atoms with Gasteiger partial charge in [0.05, 0.1) is 5.69 Å². The number of aryl methyl sites for hydroxylation is 1. The minimum Gasteiger partial charge on any atom is -0.337 e. The molecular weight excluding hydrogens is 392 g/mol. The zero-order chi connectivity index (χ0) is 18.4. The molecule has 7 nitrogen and oxygen atoms in total. The first-order valence-corrected chi connectivity index (χ1v) is 11.6. The number of aromatic nitrogens is 2. The SMILES string of the molecule is Cc1nnsc1C(=O)N1CCC2(CCN(S(=O)(=O)c3cccs3)CC2)C1. The Balaban J connectivity index is 1.42. The standard InChI is InChI=1S/C16H20N4O3S3/c1-12-14(25-18-17-12)15(21)19-7-4-16(11-19)5-8-20(9-6-16)26(22,23)13-3-2-10-24-13/h2-3,10H,4-9,11H2,1H3. The predicted octanol–water partition coefficient (Wildman–Crippen LogP) is 2.23. The summed E-state index contributed by atoms with van der Waals surface area (Å²) >= 11 is 2.40. The quantitative estimate of drug-likeness (QED) is 0.772. The van der Waals surface area contributed by atoms with E-state index in [4.69, 9.17) is 0 Å². The van der Waals surface area contributed by atoms with E-state index in [2.05, 4.69) is 9.59 Å². The van der Waals surface area contributed by atoms with Crippen molar-refractivity contribution in [1.82, 2.24) is 18.8 Å². The van der Waals surface area contributed by atoms with Gasteiger partial charge in [-0.1, -0.05) is 10.6 Å². The summed E-state index contributed by atoms with van der Waals surface area (Å²) in [4.78, 5) is 15.2. The summed E-state index contributed by atoms with van der Waals surface area (Å²) in [5.74, 6) is 0.00279. The lowest BCUT2D eigenvalue weighted by atomic mass is 9.78. The van der Waals surface area contributed by atoms with E-state index in [1.807, 2.05) is 4.90 Å².